The van der Waals surface area contributed by atoms with Gasteiger partial charge in [-0.05, 0) is 12.2 Å². The Morgan fingerprint density at radius 3 is 2.50 bits per heavy atom. The summed E-state index contributed by atoms with van der Waals surface area (Å²) < 4.78 is 0. The van der Waals surface area contributed by atoms with Crippen LogP contribution in [0.25, 0.3) is 0 Å². The minimum atomic E-state index is 0.838. The molecule has 0 heterocycles. The highest BCUT2D eigenvalue weighted by molar-refractivity contribution is 6.61. The highest BCUT2D eigenvalue weighted by Gasteiger charge is 2.21. The maximum absolute atomic E-state index is 2.43. The van der Waals surface area contributed by atoms with Crippen LogP contribution in [0.4, 0.5) is 0 Å². The van der Waals surface area contributed by atoms with Crippen molar-refractivity contribution in [3.05, 3.63) is 24.3 Å². The zero-order chi connectivity index (χ0) is 10.2. The normalized spacial score (nSPS) is 20.9. The van der Waals surface area contributed by atoms with Gasteiger partial charge in [0.05, 0.1) is 0 Å². The van der Waals surface area contributed by atoms with Crippen molar-refractivity contribution in [2.75, 3.05) is 0 Å². The Kier molecular flexibility index (Phi) is 5.74. The lowest BCUT2D eigenvalue weighted by Gasteiger charge is -2.19. The lowest BCUT2D eigenvalue weighted by Crippen LogP contribution is -2.18. The van der Waals surface area contributed by atoms with E-state index in [1.54, 1.807) is 0 Å². The van der Waals surface area contributed by atoms with Crippen molar-refractivity contribution in [3.8, 4) is 0 Å². The van der Waals surface area contributed by atoms with E-state index in [-0.39, 0.29) is 0 Å². The van der Waals surface area contributed by atoms with E-state index in [1.165, 1.54) is 38.3 Å². The first-order valence-electron chi connectivity index (χ1n) is 6.21. The molecule has 1 atom stereocenters. The molecule has 1 unspecified atom stereocenters. The Morgan fingerprint density at radius 2 is 1.86 bits per heavy atom. The molecule has 1 aliphatic carbocycles. The second-order valence-corrected chi connectivity index (χ2v) is 4.39. The fourth-order valence-electron chi connectivity index (χ4n) is 2.47. The summed E-state index contributed by atoms with van der Waals surface area (Å²) in [6.07, 6.45) is 17.3. The molecule has 0 aromatic rings. The third-order valence-electron chi connectivity index (χ3n) is 3.20. The third-order valence-corrected chi connectivity index (χ3v) is 3.20. The number of allylic oxidation sites excluding steroid dienone is 4. The molecule has 14 heavy (non-hydrogen) atoms. The van der Waals surface area contributed by atoms with Gasteiger partial charge in [0.2, 0.25) is 0 Å². The van der Waals surface area contributed by atoms with Crippen LogP contribution in [0.3, 0.4) is 0 Å². The summed E-state index contributed by atoms with van der Waals surface area (Å²) in [5, 5.41) is 0. The topological polar surface area (TPSA) is 0 Å². The van der Waals surface area contributed by atoms with Crippen molar-refractivity contribution >= 4 is 6.71 Å². The molecule has 0 aromatic carbocycles. The average Bonchev–Trinajstić information content (AvgIpc) is 2.45. The molecule has 1 aliphatic rings. The molecule has 1 rings (SSSR count). The van der Waals surface area contributed by atoms with Crippen LogP contribution in [-0.4, -0.2) is 6.71 Å². The fourth-order valence-corrected chi connectivity index (χ4v) is 2.47. The van der Waals surface area contributed by atoms with Crippen LogP contribution in [0.1, 0.15) is 39.5 Å². The molecular weight excluding hydrogens is 167 g/mol. The fraction of sp³-hybridized carbons (Fsp3) is 0.692. The molecule has 1 heteroatoms. The molecule has 0 aromatic heterocycles. The van der Waals surface area contributed by atoms with Gasteiger partial charge in [0.15, 0.2) is 0 Å². The Hall–Kier alpha value is -0.455. The van der Waals surface area contributed by atoms with Gasteiger partial charge in [0.25, 0.3) is 0 Å². The van der Waals surface area contributed by atoms with Gasteiger partial charge in [0, 0.05) is 0 Å². The summed E-state index contributed by atoms with van der Waals surface area (Å²) in [5.41, 5.74) is 0. The predicted octanol–water partition coefficient (Wildman–Crippen LogP) is 4.58. The molecule has 0 fully saturated rings. The van der Waals surface area contributed by atoms with Gasteiger partial charge < -0.3 is 0 Å². The SMILES string of the molecule is CCCB(CCC)C1C=CC=CCC1. The molecule has 0 bridgehead atoms. The first kappa shape index (κ1) is 11.6. The van der Waals surface area contributed by atoms with Crippen LogP contribution in [0.5, 0.6) is 0 Å². The molecule has 0 spiro atoms. The van der Waals surface area contributed by atoms with E-state index in [0.29, 0.717) is 0 Å². The first-order valence-corrected chi connectivity index (χ1v) is 6.21. The maximum Gasteiger partial charge on any atom is 0.147 e. The Labute approximate surface area is 89.6 Å². The number of hydrogen-bond donors (Lipinski definition) is 0. The van der Waals surface area contributed by atoms with Gasteiger partial charge in [-0.15, -0.1) is 0 Å². The van der Waals surface area contributed by atoms with Gasteiger partial charge in [-0.2, -0.15) is 0 Å². The smallest absolute Gasteiger partial charge is 0.0886 e. The van der Waals surface area contributed by atoms with Crippen molar-refractivity contribution in [2.24, 2.45) is 0 Å². The monoisotopic (exact) mass is 190 g/mol. The van der Waals surface area contributed by atoms with Crippen LogP contribution in [-0.2, 0) is 0 Å². The van der Waals surface area contributed by atoms with E-state index in [9.17, 15) is 0 Å². The van der Waals surface area contributed by atoms with Gasteiger partial charge in [0.1, 0.15) is 6.71 Å². The molecule has 0 saturated carbocycles. The lowest BCUT2D eigenvalue weighted by molar-refractivity contribution is 0.828. The van der Waals surface area contributed by atoms with Gasteiger partial charge in [-0.25, -0.2) is 0 Å². The summed E-state index contributed by atoms with van der Waals surface area (Å²) in [6, 6.07) is 0. The molecular formula is C13H23B. The summed E-state index contributed by atoms with van der Waals surface area (Å²) >= 11 is 0. The molecule has 78 valence electrons. The third kappa shape index (κ3) is 3.73. The number of rotatable bonds is 5. The lowest BCUT2D eigenvalue weighted by atomic mass is 9.36. The molecule has 0 radical (unpaired) electrons. The van der Waals surface area contributed by atoms with E-state index in [0.717, 1.165) is 12.5 Å². The van der Waals surface area contributed by atoms with E-state index in [2.05, 4.69) is 38.2 Å². The van der Waals surface area contributed by atoms with Gasteiger partial charge in [-0.3, -0.25) is 0 Å². The van der Waals surface area contributed by atoms with E-state index in [4.69, 9.17) is 0 Å². The molecule has 0 N–H and O–H groups in total. The Balaban J connectivity index is 2.48. The van der Waals surface area contributed by atoms with Crippen molar-refractivity contribution < 1.29 is 0 Å². The van der Waals surface area contributed by atoms with Crippen LogP contribution >= 0.6 is 0 Å². The van der Waals surface area contributed by atoms with E-state index >= 15 is 0 Å². The Morgan fingerprint density at radius 1 is 1.14 bits per heavy atom. The number of hydrogen-bond acceptors (Lipinski definition) is 0. The second-order valence-electron chi connectivity index (χ2n) is 4.39. The van der Waals surface area contributed by atoms with Crippen molar-refractivity contribution in [3.63, 3.8) is 0 Å². The summed E-state index contributed by atoms with van der Waals surface area (Å²) in [7, 11) is 0. The minimum absolute atomic E-state index is 0.838. The van der Waals surface area contributed by atoms with E-state index < -0.39 is 0 Å². The van der Waals surface area contributed by atoms with Gasteiger partial charge >= 0.3 is 0 Å². The maximum atomic E-state index is 2.43. The molecule has 0 nitrogen and oxygen atoms in total. The zero-order valence-electron chi connectivity index (χ0n) is 9.71. The standard InChI is InChI=1S/C13H23B/c1-3-11-14(12-4-2)13-9-7-5-6-8-10-13/h5-7,9,13H,3-4,8,10-12H2,1-2H3. The minimum Gasteiger partial charge on any atom is -0.0886 e. The Bertz CT molecular complexity index is 187. The van der Waals surface area contributed by atoms with Crippen LogP contribution in [0, 0.1) is 0 Å². The molecule has 0 amide bonds. The van der Waals surface area contributed by atoms with Crippen molar-refractivity contribution in [2.45, 2.75) is 58.0 Å². The van der Waals surface area contributed by atoms with Crippen LogP contribution in [0.2, 0.25) is 18.5 Å². The molecule has 0 saturated heterocycles. The molecule has 0 aliphatic heterocycles. The van der Waals surface area contributed by atoms with Crippen molar-refractivity contribution in [1.82, 2.24) is 0 Å². The summed E-state index contributed by atoms with van der Waals surface area (Å²) in [6.45, 7) is 5.55. The van der Waals surface area contributed by atoms with Crippen LogP contribution < -0.4 is 0 Å². The summed E-state index contributed by atoms with van der Waals surface area (Å²) in [5.74, 6) is 0.838. The second kappa shape index (κ2) is 6.92. The quantitative estimate of drug-likeness (QED) is 0.556. The largest absolute Gasteiger partial charge is 0.147 e. The average molecular weight is 190 g/mol. The van der Waals surface area contributed by atoms with Crippen molar-refractivity contribution in [1.29, 1.82) is 0 Å². The van der Waals surface area contributed by atoms with E-state index in [1.807, 2.05) is 0 Å². The first-order chi connectivity index (χ1) is 6.88. The highest BCUT2D eigenvalue weighted by atomic mass is 14.0. The van der Waals surface area contributed by atoms with Crippen LogP contribution in [0.15, 0.2) is 24.3 Å². The highest BCUT2D eigenvalue weighted by Crippen LogP contribution is 2.28. The zero-order valence-corrected chi connectivity index (χ0v) is 9.71. The summed E-state index contributed by atoms with van der Waals surface area (Å²) in [4.78, 5) is 0. The van der Waals surface area contributed by atoms with Gasteiger partial charge in [-0.1, -0.05) is 70.1 Å². The predicted molar refractivity (Wildman–Crippen MR) is 67.2 cm³/mol.